The van der Waals surface area contributed by atoms with Crippen LogP contribution in [0.2, 0.25) is 0 Å². The summed E-state index contributed by atoms with van der Waals surface area (Å²) in [6.45, 7) is 6.84. The highest BCUT2D eigenvalue weighted by Gasteiger charge is 2.21. The molecule has 12 aromatic rings. The van der Waals surface area contributed by atoms with Crippen LogP contribution in [0.15, 0.2) is 200 Å². The maximum absolute atomic E-state index is 2.47. The van der Waals surface area contributed by atoms with Gasteiger partial charge in [-0.2, -0.15) is 0 Å². The summed E-state index contributed by atoms with van der Waals surface area (Å²) in [5.74, 6) is 0. The van der Waals surface area contributed by atoms with E-state index in [0.717, 1.165) is 22.7 Å². The van der Waals surface area contributed by atoms with Crippen LogP contribution in [0.3, 0.4) is 0 Å². The number of hydrogen-bond acceptors (Lipinski definition) is 1. The van der Waals surface area contributed by atoms with E-state index in [1.54, 1.807) is 0 Å². The molecule has 0 aliphatic heterocycles. The molecule has 0 N–H and O–H groups in total. The Morgan fingerprint density at radius 1 is 0.300 bits per heavy atom. The average Bonchev–Trinajstić information content (AvgIpc) is 3.62. The topological polar surface area (TPSA) is 8.17 Å². The van der Waals surface area contributed by atoms with Crippen molar-refractivity contribution in [3.05, 3.63) is 206 Å². The van der Waals surface area contributed by atoms with Gasteiger partial charge in [-0.3, -0.25) is 0 Å². The molecule has 0 amide bonds. The van der Waals surface area contributed by atoms with Crippen LogP contribution in [-0.4, -0.2) is 4.57 Å². The summed E-state index contributed by atoms with van der Waals surface area (Å²) in [5, 5.41) is 17.8. The van der Waals surface area contributed by atoms with E-state index >= 15 is 0 Å². The van der Waals surface area contributed by atoms with Gasteiger partial charge < -0.3 is 9.47 Å². The zero-order valence-electron chi connectivity index (χ0n) is 33.9. The van der Waals surface area contributed by atoms with Gasteiger partial charge in [-0.25, -0.2) is 0 Å². The Kier molecular flexibility index (Phi) is 7.52. The maximum atomic E-state index is 2.47. The van der Waals surface area contributed by atoms with Crippen molar-refractivity contribution in [2.75, 3.05) is 4.90 Å². The first-order chi connectivity index (χ1) is 29.4. The maximum Gasteiger partial charge on any atom is 0.0561 e. The van der Waals surface area contributed by atoms with Crippen molar-refractivity contribution in [3.63, 3.8) is 0 Å². The van der Waals surface area contributed by atoms with E-state index < -0.39 is 0 Å². The highest BCUT2D eigenvalue weighted by Crippen LogP contribution is 2.44. The van der Waals surface area contributed by atoms with Gasteiger partial charge in [0.25, 0.3) is 0 Å². The summed E-state index contributed by atoms with van der Waals surface area (Å²) >= 11 is 0. The van der Waals surface area contributed by atoms with E-state index in [9.17, 15) is 0 Å². The lowest BCUT2D eigenvalue weighted by atomic mass is 9.87. The Morgan fingerprint density at radius 3 is 1.18 bits per heavy atom. The summed E-state index contributed by atoms with van der Waals surface area (Å²) in [6, 6.07) is 74.5. The third-order valence-electron chi connectivity index (χ3n) is 12.9. The van der Waals surface area contributed by atoms with Crippen LogP contribution in [0.4, 0.5) is 17.1 Å². The minimum atomic E-state index is 0.0452. The zero-order valence-corrected chi connectivity index (χ0v) is 33.9. The second-order valence-corrected chi connectivity index (χ2v) is 17.3. The number of hydrogen-bond donors (Lipinski definition) is 0. The van der Waals surface area contributed by atoms with Crippen molar-refractivity contribution in [2.24, 2.45) is 0 Å². The van der Waals surface area contributed by atoms with Gasteiger partial charge in [0.1, 0.15) is 0 Å². The lowest BCUT2D eigenvalue weighted by molar-refractivity contribution is 0.590. The van der Waals surface area contributed by atoms with E-state index in [0.29, 0.717) is 0 Å². The molecule has 0 saturated carbocycles. The van der Waals surface area contributed by atoms with Gasteiger partial charge in [-0.15, -0.1) is 0 Å². The Hall–Kier alpha value is -7.42. The molecule has 0 atom stereocenters. The SMILES string of the molecule is CC(C)(C)c1ccc(N(c2ccc3c4ccccc4c4ccccc4c3c2)c2ccc3c4ccccc4n(-c4ccc5c6ccccc6c6ccccc6c5c4)c3c2)cc1. The summed E-state index contributed by atoms with van der Waals surface area (Å²) in [5.41, 5.74) is 8.23. The first-order valence-electron chi connectivity index (χ1n) is 21.0. The summed E-state index contributed by atoms with van der Waals surface area (Å²) < 4.78 is 2.47. The minimum Gasteiger partial charge on any atom is -0.310 e. The molecule has 60 heavy (non-hydrogen) atoms. The van der Waals surface area contributed by atoms with Crippen molar-refractivity contribution in [3.8, 4) is 5.69 Å². The Labute approximate surface area is 349 Å². The second-order valence-electron chi connectivity index (χ2n) is 17.3. The number of para-hydroxylation sites is 1. The van der Waals surface area contributed by atoms with Crippen LogP contribution in [0.1, 0.15) is 26.3 Å². The fourth-order valence-corrected chi connectivity index (χ4v) is 10.0. The molecule has 0 saturated heterocycles. The third kappa shape index (κ3) is 5.20. The highest BCUT2D eigenvalue weighted by molar-refractivity contribution is 6.27. The van der Waals surface area contributed by atoms with Crippen molar-refractivity contribution in [1.82, 2.24) is 4.57 Å². The van der Waals surface area contributed by atoms with Gasteiger partial charge in [0.05, 0.1) is 11.0 Å². The smallest absolute Gasteiger partial charge is 0.0561 e. The van der Waals surface area contributed by atoms with Crippen molar-refractivity contribution >= 4 is 104 Å². The highest BCUT2D eigenvalue weighted by atomic mass is 15.1. The van der Waals surface area contributed by atoms with Gasteiger partial charge in [0.15, 0.2) is 0 Å². The first kappa shape index (κ1) is 34.6. The fourth-order valence-electron chi connectivity index (χ4n) is 10.0. The first-order valence-corrected chi connectivity index (χ1v) is 21.0. The Morgan fingerprint density at radius 2 is 0.667 bits per heavy atom. The zero-order chi connectivity index (χ0) is 40.1. The molecule has 0 radical (unpaired) electrons. The largest absolute Gasteiger partial charge is 0.310 e. The van der Waals surface area contributed by atoms with E-state index in [1.807, 2.05) is 0 Å². The number of rotatable bonds is 4. The Bertz CT molecular complexity index is 3620. The van der Waals surface area contributed by atoms with E-state index in [4.69, 9.17) is 0 Å². The molecule has 0 spiro atoms. The van der Waals surface area contributed by atoms with Gasteiger partial charge in [0, 0.05) is 33.5 Å². The van der Waals surface area contributed by atoms with E-state index in [-0.39, 0.29) is 5.41 Å². The predicted molar refractivity (Wildman–Crippen MR) is 259 cm³/mol. The molecule has 11 aromatic carbocycles. The quantitative estimate of drug-likeness (QED) is 0.162. The van der Waals surface area contributed by atoms with Crippen LogP contribution in [0, 0.1) is 0 Å². The molecule has 0 fully saturated rings. The molecule has 0 bridgehead atoms. The molecule has 0 aliphatic rings. The fraction of sp³-hybridized carbons (Fsp3) is 0.0690. The second kappa shape index (κ2) is 13.0. The van der Waals surface area contributed by atoms with Gasteiger partial charge >= 0.3 is 0 Å². The van der Waals surface area contributed by atoms with Gasteiger partial charge in [-0.1, -0.05) is 166 Å². The molecule has 284 valence electrons. The van der Waals surface area contributed by atoms with Crippen LogP contribution in [-0.2, 0) is 5.41 Å². The summed E-state index contributed by atoms with van der Waals surface area (Å²) in [6.07, 6.45) is 0. The van der Waals surface area contributed by atoms with Crippen LogP contribution < -0.4 is 4.90 Å². The number of fused-ring (bicyclic) bond motifs is 15. The van der Waals surface area contributed by atoms with E-state index in [2.05, 4.69) is 230 Å². The van der Waals surface area contributed by atoms with Crippen molar-refractivity contribution in [2.45, 2.75) is 26.2 Å². The molecule has 12 rings (SSSR count). The molecule has 0 aliphatic carbocycles. The molecular weight excluding hydrogens is 725 g/mol. The summed E-state index contributed by atoms with van der Waals surface area (Å²) in [4.78, 5) is 2.44. The minimum absolute atomic E-state index is 0.0452. The molecule has 1 heterocycles. The normalized spacial score (nSPS) is 12.2. The van der Waals surface area contributed by atoms with Crippen molar-refractivity contribution in [1.29, 1.82) is 0 Å². The molecule has 0 unspecified atom stereocenters. The van der Waals surface area contributed by atoms with Crippen LogP contribution in [0.5, 0.6) is 0 Å². The molecule has 1 aromatic heterocycles. The third-order valence-corrected chi connectivity index (χ3v) is 12.9. The standard InChI is InChI=1S/C58H42N2/c1-58(2,3)37-24-26-38(27-25-37)59(39-28-31-50-46-18-6-4-14-42(46)44-16-8-10-20-48(44)54(50)34-39)41-30-33-53-52-22-12-13-23-56(52)60(57(53)36-41)40-29-32-51-47-19-7-5-15-43(47)45-17-9-11-21-49(45)55(51)35-40/h4-36H,1-3H3. The van der Waals surface area contributed by atoms with Crippen molar-refractivity contribution < 1.29 is 0 Å². The number of aromatic nitrogens is 1. The van der Waals surface area contributed by atoms with Gasteiger partial charge in [0.2, 0.25) is 0 Å². The monoisotopic (exact) mass is 766 g/mol. The lowest BCUT2D eigenvalue weighted by Gasteiger charge is -2.28. The van der Waals surface area contributed by atoms with E-state index in [1.165, 1.54) is 92.0 Å². The number of anilines is 3. The number of nitrogens with zero attached hydrogens (tertiary/aromatic N) is 2. The van der Waals surface area contributed by atoms with Crippen LogP contribution >= 0.6 is 0 Å². The molecule has 2 heteroatoms. The lowest BCUT2D eigenvalue weighted by Crippen LogP contribution is -2.13. The average molecular weight is 767 g/mol. The Balaban J connectivity index is 1.12. The number of benzene rings is 11. The molecule has 2 nitrogen and oxygen atoms in total. The van der Waals surface area contributed by atoms with Gasteiger partial charge in [-0.05, 0) is 130 Å². The summed E-state index contributed by atoms with van der Waals surface area (Å²) in [7, 11) is 0. The molecular formula is C58H42N2. The van der Waals surface area contributed by atoms with Crippen LogP contribution in [0.25, 0.3) is 92.1 Å². The predicted octanol–water partition coefficient (Wildman–Crippen LogP) is 16.5.